The number of piperidine rings is 1. The van der Waals surface area contributed by atoms with Gasteiger partial charge in [-0.2, -0.15) is 0 Å². The molecule has 7 nitrogen and oxygen atoms in total. The third kappa shape index (κ3) is 4.07. The molecule has 2 aliphatic rings. The minimum Gasteiger partial charge on any atom is -0.381 e. The van der Waals surface area contributed by atoms with Crippen LogP contribution in [0.3, 0.4) is 0 Å². The predicted molar refractivity (Wildman–Crippen MR) is 120 cm³/mol. The summed E-state index contributed by atoms with van der Waals surface area (Å²) in [4.78, 5) is 37.4. The number of pyridine rings is 1. The highest BCUT2D eigenvalue weighted by molar-refractivity contribution is 6.49. The Morgan fingerprint density at radius 3 is 2.61 bits per heavy atom. The number of benzene rings is 1. The lowest BCUT2D eigenvalue weighted by Gasteiger charge is -2.34. The highest BCUT2D eigenvalue weighted by Crippen LogP contribution is 2.31. The van der Waals surface area contributed by atoms with Gasteiger partial charge in [0.25, 0.3) is 5.91 Å². The van der Waals surface area contributed by atoms with Crippen LogP contribution in [0.25, 0.3) is 0 Å². The number of halogens is 1. The van der Waals surface area contributed by atoms with Crippen LogP contribution in [0.1, 0.15) is 48.2 Å². The number of amides is 1. The number of anilines is 1. The molecule has 3 heterocycles. The van der Waals surface area contributed by atoms with Crippen molar-refractivity contribution in [2.45, 2.75) is 45.3 Å². The van der Waals surface area contributed by atoms with Crippen LogP contribution in [0.15, 0.2) is 41.7 Å². The summed E-state index contributed by atoms with van der Waals surface area (Å²) >= 11 is 6.55. The van der Waals surface area contributed by atoms with Crippen molar-refractivity contribution in [2.24, 2.45) is 5.16 Å². The van der Waals surface area contributed by atoms with E-state index >= 15 is 0 Å². The molecule has 2 aliphatic heterocycles. The second-order valence-corrected chi connectivity index (χ2v) is 8.77. The zero-order chi connectivity index (χ0) is 22.2. The Morgan fingerprint density at radius 1 is 1.26 bits per heavy atom. The van der Waals surface area contributed by atoms with Crippen LogP contribution in [0.2, 0.25) is 5.02 Å². The third-order valence-corrected chi connectivity index (χ3v) is 6.15. The van der Waals surface area contributed by atoms with E-state index in [1.807, 2.05) is 13.0 Å². The zero-order valence-corrected chi connectivity index (χ0v) is 18.6. The average molecular weight is 441 g/mol. The van der Waals surface area contributed by atoms with E-state index in [0.29, 0.717) is 28.5 Å². The number of nitrogens with one attached hydrogen (secondary N) is 1. The van der Waals surface area contributed by atoms with Crippen LogP contribution >= 0.6 is 11.6 Å². The molecule has 0 aliphatic carbocycles. The number of hydrogen-bond acceptors (Lipinski definition) is 6. The Hall–Kier alpha value is -2.77. The minimum atomic E-state index is -0.970. The van der Waals surface area contributed by atoms with Crippen molar-refractivity contribution in [3.63, 3.8) is 0 Å². The standard InChI is InChI=1S/C23H25ClN4O3/c1-14-10-12-26-21(18(14)24)28(17-5-4-11-25-13-17)22(30)16-8-6-15(7-9-16)19-20(29)23(2,3)31-27-19/h6-10,12,17,25H,4-5,11,13H2,1-3H3/t17-/m1/s1. The molecule has 1 saturated heterocycles. The number of carbonyl (C=O) groups is 2. The van der Waals surface area contributed by atoms with E-state index < -0.39 is 5.60 Å². The molecule has 0 unspecified atom stereocenters. The molecule has 31 heavy (non-hydrogen) atoms. The maximum Gasteiger partial charge on any atom is 0.259 e. The molecule has 0 radical (unpaired) electrons. The van der Waals surface area contributed by atoms with Crippen LogP contribution in [-0.2, 0) is 9.63 Å². The fraction of sp³-hybridized carbons (Fsp3) is 0.391. The molecule has 1 aromatic heterocycles. The molecule has 2 aromatic rings. The number of carbonyl (C=O) groups excluding carboxylic acids is 2. The zero-order valence-electron chi connectivity index (χ0n) is 17.8. The Kier molecular flexibility index (Phi) is 5.81. The molecular formula is C23H25ClN4O3. The number of aryl methyl sites for hydroxylation is 1. The number of rotatable bonds is 4. The van der Waals surface area contributed by atoms with E-state index in [1.54, 1.807) is 49.2 Å². The van der Waals surface area contributed by atoms with Gasteiger partial charge in [-0.15, -0.1) is 0 Å². The summed E-state index contributed by atoms with van der Waals surface area (Å²) in [6.07, 6.45) is 3.50. The van der Waals surface area contributed by atoms with Gasteiger partial charge >= 0.3 is 0 Å². The first-order valence-electron chi connectivity index (χ1n) is 10.4. The van der Waals surface area contributed by atoms with E-state index in [9.17, 15) is 9.59 Å². The van der Waals surface area contributed by atoms with Gasteiger partial charge in [0.1, 0.15) is 0 Å². The van der Waals surface area contributed by atoms with Crippen LogP contribution in [-0.4, -0.2) is 47.1 Å². The van der Waals surface area contributed by atoms with E-state index in [-0.39, 0.29) is 23.4 Å². The first kappa shape index (κ1) is 21.5. The quantitative estimate of drug-likeness (QED) is 0.786. The molecule has 162 valence electrons. The van der Waals surface area contributed by atoms with Crippen LogP contribution in [0.4, 0.5) is 5.82 Å². The highest BCUT2D eigenvalue weighted by Gasteiger charge is 2.40. The number of hydrogen-bond donors (Lipinski definition) is 1. The summed E-state index contributed by atoms with van der Waals surface area (Å²) in [6, 6.07) is 8.61. The normalized spacial score (nSPS) is 20.2. The topological polar surface area (TPSA) is 83.9 Å². The summed E-state index contributed by atoms with van der Waals surface area (Å²) in [5, 5.41) is 7.76. The van der Waals surface area contributed by atoms with Gasteiger partial charge in [0.2, 0.25) is 5.78 Å². The fourth-order valence-electron chi connectivity index (χ4n) is 3.80. The van der Waals surface area contributed by atoms with Gasteiger partial charge in [-0.05, 0) is 63.9 Å². The molecule has 0 bridgehead atoms. The summed E-state index contributed by atoms with van der Waals surface area (Å²) in [5.74, 6) is 0.101. The lowest BCUT2D eigenvalue weighted by atomic mass is 9.95. The second-order valence-electron chi connectivity index (χ2n) is 8.39. The minimum absolute atomic E-state index is 0.0530. The van der Waals surface area contributed by atoms with Gasteiger partial charge in [0.05, 0.1) is 11.1 Å². The summed E-state index contributed by atoms with van der Waals surface area (Å²) < 4.78 is 0. The first-order valence-corrected chi connectivity index (χ1v) is 10.7. The van der Waals surface area contributed by atoms with E-state index in [0.717, 1.165) is 24.9 Å². The molecule has 8 heteroatoms. The molecule has 1 atom stereocenters. The van der Waals surface area contributed by atoms with Crippen molar-refractivity contribution in [3.8, 4) is 0 Å². The van der Waals surface area contributed by atoms with Crippen molar-refractivity contribution in [3.05, 3.63) is 58.2 Å². The summed E-state index contributed by atoms with van der Waals surface area (Å²) in [6.45, 7) is 6.86. The number of aromatic nitrogens is 1. The molecule has 0 saturated carbocycles. The van der Waals surface area contributed by atoms with Crippen molar-refractivity contribution < 1.29 is 14.4 Å². The number of nitrogens with zero attached hydrogens (tertiary/aromatic N) is 3. The van der Waals surface area contributed by atoms with Crippen LogP contribution in [0.5, 0.6) is 0 Å². The fourth-order valence-corrected chi connectivity index (χ4v) is 4.01. The van der Waals surface area contributed by atoms with Gasteiger partial charge < -0.3 is 10.2 Å². The number of oxime groups is 1. The number of Topliss-reactive ketones (excluding diaryl/α,β-unsaturated/α-hetero) is 1. The van der Waals surface area contributed by atoms with E-state index in [1.165, 1.54) is 0 Å². The monoisotopic (exact) mass is 440 g/mol. The molecule has 4 rings (SSSR count). The summed E-state index contributed by atoms with van der Waals surface area (Å²) in [7, 11) is 0. The molecule has 1 fully saturated rings. The number of ketones is 1. The SMILES string of the molecule is Cc1ccnc(N(C(=O)c2ccc(C3=NOC(C)(C)C3=O)cc2)[C@@H]2CCCNC2)c1Cl. The molecule has 1 amide bonds. The molecular weight excluding hydrogens is 416 g/mol. The van der Waals surface area contributed by atoms with Crippen molar-refractivity contribution in [2.75, 3.05) is 18.0 Å². The maximum atomic E-state index is 13.6. The Balaban J connectivity index is 1.66. The highest BCUT2D eigenvalue weighted by atomic mass is 35.5. The summed E-state index contributed by atoms with van der Waals surface area (Å²) in [5.41, 5.74) is 1.26. The first-order chi connectivity index (χ1) is 14.8. The van der Waals surface area contributed by atoms with Crippen LogP contribution < -0.4 is 10.2 Å². The van der Waals surface area contributed by atoms with Crippen molar-refractivity contribution >= 4 is 34.8 Å². The van der Waals surface area contributed by atoms with E-state index in [2.05, 4.69) is 15.5 Å². The van der Waals surface area contributed by atoms with Gasteiger partial charge in [-0.3, -0.25) is 14.5 Å². The second kappa shape index (κ2) is 8.40. The van der Waals surface area contributed by atoms with Gasteiger partial charge in [-0.25, -0.2) is 4.98 Å². The molecule has 1 aromatic carbocycles. The Bertz CT molecular complexity index is 1040. The maximum absolute atomic E-state index is 13.6. The van der Waals surface area contributed by atoms with Gasteiger partial charge in [0, 0.05) is 23.9 Å². The smallest absolute Gasteiger partial charge is 0.259 e. The van der Waals surface area contributed by atoms with Crippen LogP contribution in [0, 0.1) is 6.92 Å². The third-order valence-electron chi connectivity index (χ3n) is 5.68. The van der Waals surface area contributed by atoms with Gasteiger partial charge in [-0.1, -0.05) is 28.9 Å². The Labute approximate surface area is 186 Å². The average Bonchev–Trinajstić information content (AvgIpc) is 3.05. The largest absolute Gasteiger partial charge is 0.381 e. The lowest BCUT2D eigenvalue weighted by molar-refractivity contribution is -0.128. The van der Waals surface area contributed by atoms with E-state index in [4.69, 9.17) is 16.4 Å². The Morgan fingerprint density at radius 2 is 2.00 bits per heavy atom. The molecule has 0 spiro atoms. The predicted octanol–water partition coefficient (Wildman–Crippen LogP) is 3.52. The van der Waals surface area contributed by atoms with Gasteiger partial charge in [0.15, 0.2) is 17.1 Å². The lowest BCUT2D eigenvalue weighted by Crippen LogP contribution is -2.49. The molecule has 1 N–H and O–H groups in total. The van der Waals surface area contributed by atoms with Crippen molar-refractivity contribution in [1.82, 2.24) is 10.3 Å². The van der Waals surface area contributed by atoms with Crippen molar-refractivity contribution in [1.29, 1.82) is 0 Å².